The van der Waals surface area contributed by atoms with Crippen molar-refractivity contribution in [3.63, 3.8) is 0 Å². The van der Waals surface area contributed by atoms with Gasteiger partial charge in [-0.3, -0.25) is 4.79 Å². The number of rotatable bonds is 2. The normalized spacial score (nSPS) is 10.8. The molecule has 0 bridgehead atoms. The lowest BCUT2D eigenvalue weighted by Crippen LogP contribution is -2.10. The first kappa shape index (κ1) is 10.7. The lowest BCUT2D eigenvalue weighted by molar-refractivity contribution is 0.101. The minimum Gasteiger partial charge on any atom is -0.376 e. The average molecular weight is 216 g/mol. The second-order valence-electron chi connectivity index (χ2n) is 4.25. The third-order valence-electron chi connectivity index (χ3n) is 2.88. The van der Waals surface area contributed by atoms with Crippen molar-refractivity contribution in [3.8, 4) is 0 Å². The summed E-state index contributed by atoms with van der Waals surface area (Å²) in [6.45, 7) is 1.60. The number of Topliss-reactive ketones (excluding diaryl/α,β-unsaturated/α-hetero) is 1. The van der Waals surface area contributed by atoms with Crippen molar-refractivity contribution in [3.05, 3.63) is 30.0 Å². The maximum Gasteiger partial charge on any atom is 0.176 e. The number of para-hydroxylation sites is 1. The standard InChI is InChI=1S/C13H16N2O/c1-9(16)12-8-10-6-5-7-11(14(2)3)13(10)15(12)4/h5-8H,1-4H3. The zero-order valence-electron chi connectivity index (χ0n) is 10.1. The summed E-state index contributed by atoms with van der Waals surface area (Å²) >= 11 is 0. The van der Waals surface area contributed by atoms with E-state index in [0.717, 1.165) is 22.3 Å². The number of hydrogen-bond acceptors (Lipinski definition) is 2. The Labute approximate surface area is 95.3 Å². The number of ketones is 1. The highest BCUT2D eigenvalue weighted by molar-refractivity contribution is 6.02. The van der Waals surface area contributed by atoms with Gasteiger partial charge >= 0.3 is 0 Å². The van der Waals surface area contributed by atoms with Crippen molar-refractivity contribution < 1.29 is 4.79 Å². The van der Waals surface area contributed by atoms with Crippen molar-refractivity contribution in [1.82, 2.24) is 4.57 Å². The van der Waals surface area contributed by atoms with Gasteiger partial charge in [0.1, 0.15) is 0 Å². The average Bonchev–Trinajstić information content (AvgIpc) is 2.56. The van der Waals surface area contributed by atoms with Crippen LogP contribution in [0.3, 0.4) is 0 Å². The maximum absolute atomic E-state index is 11.5. The summed E-state index contributed by atoms with van der Waals surface area (Å²) in [5, 5.41) is 1.11. The van der Waals surface area contributed by atoms with E-state index < -0.39 is 0 Å². The highest BCUT2D eigenvalue weighted by Gasteiger charge is 2.12. The fraction of sp³-hybridized carbons (Fsp3) is 0.308. The SMILES string of the molecule is CC(=O)c1cc2cccc(N(C)C)c2n1C. The van der Waals surface area contributed by atoms with Crippen LogP contribution in [-0.2, 0) is 7.05 Å². The highest BCUT2D eigenvalue weighted by atomic mass is 16.1. The second kappa shape index (κ2) is 3.67. The lowest BCUT2D eigenvalue weighted by Gasteiger charge is -2.15. The molecule has 1 heterocycles. The van der Waals surface area contributed by atoms with E-state index in [0.29, 0.717) is 0 Å². The molecule has 0 aliphatic rings. The first-order chi connectivity index (χ1) is 7.52. The van der Waals surface area contributed by atoms with Crippen molar-refractivity contribution in [2.75, 3.05) is 19.0 Å². The Bertz CT molecular complexity index is 552. The topological polar surface area (TPSA) is 25.2 Å². The quantitative estimate of drug-likeness (QED) is 0.720. The molecule has 0 aliphatic carbocycles. The van der Waals surface area contributed by atoms with Crippen molar-refractivity contribution in [1.29, 1.82) is 0 Å². The van der Waals surface area contributed by atoms with E-state index in [2.05, 4.69) is 11.0 Å². The maximum atomic E-state index is 11.5. The molecule has 1 aromatic heterocycles. The fourth-order valence-electron chi connectivity index (χ4n) is 2.09. The second-order valence-corrected chi connectivity index (χ2v) is 4.25. The van der Waals surface area contributed by atoms with Gasteiger partial charge in [-0.25, -0.2) is 0 Å². The summed E-state index contributed by atoms with van der Waals surface area (Å²) in [4.78, 5) is 13.5. The summed E-state index contributed by atoms with van der Waals surface area (Å²) in [7, 11) is 5.95. The van der Waals surface area contributed by atoms with E-state index in [4.69, 9.17) is 0 Å². The first-order valence-corrected chi connectivity index (χ1v) is 5.29. The Kier molecular flexibility index (Phi) is 2.46. The summed E-state index contributed by atoms with van der Waals surface area (Å²) in [6.07, 6.45) is 0. The molecule has 0 saturated heterocycles. The van der Waals surface area contributed by atoms with Gasteiger partial charge < -0.3 is 9.47 Å². The van der Waals surface area contributed by atoms with E-state index in [9.17, 15) is 4.79 Å². The molecule has 0 radical (unpaired) electrons. The molecular weight excluding hydrogens is 200 g/mol. The number of aromatic nitrogens is 1. The zero-order valence-corrected chi connectivity index (χ0v) is 10.1. The van der Waals surface area contributed by atoms with Crippen LogP contribution >= 0.6 is 0 Å². The van der Waals surface area contributed by atoms with Crippen LogP contribution in [0.25, 0.3) is 10.9 Å². The minimum atomic E-state index is 0.100. The number of aryl methyl sites for hydroxylation is 1. The van der Waals surface area contributed by atoms with E-state index in [-0.39, 0.29) is 5.78 Å². The van der Waals surface area contributed by atoms with Crippen molar-refractivity contribution >= 4 is 22.4 Å². The van der Waals surface area contributed by atoms with Gasteiger partial charge in [-0.05, 0) is 12.1 Å². The Morgan fingerprint density at radius 3 is 2.56 bits per heavy atom. The van der Waals surface area contributed by atoms with E-state index in [1.165, 1.54) is 0 Å². The zero-order chi connectivity index (χ0) is 11.9. The summed E-state index contributed by atoms with van der Waals surface area (Å²) < 4.78 is 1.97. The summed E-state index contributed by atoms with van der Waals surface area (Å²) in [5.41, 5.74) is 2.99. The van der Waals surface area contributed by atoms with Gasteiger partial charge in [0.2, 0.25) is 0 Å². The number of hydrogen-bond donors (Lipinski definition) is 0. The largest absolute Gasteiger partial charge is 0.376 e. The molecule has 3 heteroatoms. The number of carbonyl (C=O) groups excluding carboxylic acids is 1. The Morgan fingerprint density at radius 1 is 1.31 bits per heavy atom. The molecule has 0 spiro atoms. The van der Waals surface area contributed by atoms with Crippen LogP contribution in [0.5, 0.6) is 0 Å². The number of nitrogens with zero attached hydrogens (tertiary/aromatic N) is 2. The molecule has 84 valence electrons. The molecule has 16 heavy (non-hydrogen) atoms. The molecule has 0 amide bonds. The number of benzene rings is 1. The van der Waals surface area contributed by atoms with Crippen LogP contribution in [0, 0.1) is 0 Å². The van der Waals surface area contributed by atoms with E-state index in [1.54, 1.807) is 6.92 Å². The lowest BCUT2D eigenvalue weighted by atomic mass is 10.2. The Balaban J connectivity index is 2.82. The van der Waals surface area contributed by atoms with Gasteiger partial charge in [0.25, 0.3) is 0 Å². The Morgan fingerprint density at radius 2 is 2.00 bits per heavy atom. The van der Waals surface area contributed by atoms with Crippen molar-refractivity contribution in [2.24, 2.45) is 7.05 Å². The fourth-order valence-corrected chi connectivity index (χ4v) is 2.09. The Hall–Kier alpha value is -1.77. The molecule has 3 nitrogen and oxygen atoms in total. The molecule has 2 aromatic rings. The van der Waals surface area contributed by atoms with Crippen LogP contribution in [-0.4, -0.2) is 24.4 Å². The molecule has 1 aromatic carbocycles. The molecule has 0 aliphatic heterocycles. The number of carbonyl (C=O) groups is 1. The van der Waals surface area contributed by atoms with Crippen LogP contribution in [0.15, 0.2) is 24.3 Å². The highest BCUT2D eigenvalue weighted by Crippen LogP contribution is 2.28. The summed E-state index contributed by atoms with van der Waals surface area (Å²) in [5.74, 6) is 0.100. The predicted octanol–water partition coefficient (Wildman–Crippen LogP) is 2.45. The van der Waals surface area contributed by atoms with Gasteiger partial charge in [0.15, 0.2) is 5.78 Å². The monoisotopic (exact) mass is 216 g/mol. The molecule has 0 fully saturated rings. The van der Waals surface area contributed by atoms with Gasteiger partial charge in [0, 0.05) is 33.5 Å². The molecule has 2 rings (SSSR count). The molecule has 0 atom stereocenters. The van der Waals surface area contributed by atoms with Gasteiger partial charge in [-0.15, -0.1) is 0 Å². The predicted molar refractivity (Wildman–Crippen MR) is 67.3 cm³/mol. The van der Waals surface area contributed by atoms with E-state index in [1.807, 2.05) is 43.9 Å². The molecule has 0 saturated carbocycles. The van der Waals surface area contributed by atoms with Crippen molar-refractivity contribution in [2.45, 2.75) is 6.92 Å². The van der Waals surface area contributed by atoms with Crippen LogP contribution in [0.4, 0.5) is 5.69 Å². The molecular formula is C13H16N2O. The number of fused-ring (bicyclic) bond motifs is 1. The first-order valence-electron chi connectivity index (χ1n) is 5.29. The molecule has 0 unspecified atom stereocenters. The van der Waals surface area contributed by atoms with Gasteiger partial charge in [-0.2, -0.15) is 0 Å². The minimum absolute atomic E-state index is 0.100. The van der Waals surface area contributed by atoms with E-state index >= 15 is 0 Å². The molecule has 0 N–H and O–H groups in total. The van der Waals surface area contributed by atoms with Gasteiger partial charge in [0.05, 0.1) is 16.9 Å². The van der Waals surface area contributed by atoms with Crippen LogP contribution in [0.2, 0.25) is 0 Å². The van der Waals surface area contributed by atoms with Gasteiger partial charge in [-0.1, -0.05) is 12.1 Å². The smallest absolute Gasteiger partial charge is 0.176 e. The van der Waals surface area contributed by atoms with Crippen LogP contribution in [0.1, 0.15) is 17.4 Å². The summed E-state index contributed by atoms with van der Waals surface area (Å²) in [6, 6.07) is 8.06. The number of anilines is 1. The third kappa shape index (κ3) is 1.48. The van der Waals surface area contributed by atoms with Crippen LogP contribution < -0.4 is 4.90 Å². The third-order valence-corrected chi connectivity index (χ3v) is 2.88.